The number of fused-ring (bicyclic) bond motifs is 7. The first-order valence-electron chi connectivity index (χ1n) is 26.2. The summed E-state index contributed by atoms with van der Waals surface area (Å²) in [5, 5.41) is 0. The zero-order valence-corrected chi connectivity index (χ0v) is 44.1. The highest BCUT2D eigenvalue weighted by Gasteiger charge is 2.69. The summed E-state index contributed by atoms with van der Waals surface area (Å²) in [6.45, 7) is 17.1. The highest BCUT2D eigenvalue weighted by Crippen LogP contribution is 2.70. The molecule has 408 valence electrons. The van der Waals surface area contributed by atoms with Crippen molar-refractivity contribution in [2.45, 2.75) is 213 Å². The van der Waals surface area contributed by atoms with Gasteiger partial charge in [-0.2, -0.15) is 0 Å². The minimum Gasteiger partial charge on any atom is -0.463 e. The molecule has 3 saturated carbocycles. The SMILES string of the molecule is CC(=O)OC[C@H]1O[C@@H](O[C@H]2[C@H](OC(C)=O)[C@@H](OC(C)=O)[C@H](O[C@H]3CC[C@@]4(C)C(=CC[C@@H]5[C@@H]4CC[C@]4(C)C6C(C[C@@H]54)O[C@]4(CC[C@@H](C)CO4)[C@H]6C)C3)O[C@@H]2COC(C)=O)[C@H](OC(C)=O)[C@@H](OC(C)=O)[C@@H]1OC(C)=O. The number of carbonyl (C=O) groups is 7. The molecule has 73 heavy (non-hydrogen) atoms. The Morgan fingerprint density at radius 3 is 1.68 bits per heavy atom. The Labute approximate surface area is 427 Å². The largest absolute Gasteiger partial charge is 0.463 e. The van der Waals surface area contributed by atoms with E-state index in [1.54, 1.807) is 0 Å². The van der Waals surface area contributed by atoms with Crippen LogP contribution < -0.4 is 0 Å². The summed E-state index contributed by atoms with van der Waals surface area (Å²) in [7, 11) is 0. The molecule has 21 atom stereocenters. The number of rotatable bonds is 13. The fraction of sp³-hybridized carbons (Fsp3) is 0.830. The Hall–Kier alpha value is -4.21. The zero-order valence-electron chi connectivity index (χ0n) is 44.1. The van der Waals surface area contributed by atoms with Gasteiger partial charge in [-0.1, -0.05) is 39.3 Å². The normalized spacial score (nSPS) is 43.6. The summed E-state index contributed by atoms with van der Waals surface area (Å²) < 4.78 is 79.0. The molecule has 0 amide bonds. The minimum atomic E-state index is -1.79. The third-order valence-corrected chi connectivity index (χ3v) is 17.5. The van der Waals surface area contributed by atoms with Crippen LogP contribution in [0.15, 0.2) is 11.6 Å². The molecule has 7 fully saturated rings. The van der Waals surface area contributed by atoms with Crippen LogP contribution in [-0.2, 0) is 95.1 Å². The standard InChI is InChI=1S/C53H76O20/c1-25-14-19-53(63-22-25)26(2)42-39(73-53)21-38-36-13-12-34-20-35(15-17-51(34,10)37(36)16-18-52(38,42)11)69-49-47(67-32(8)59)46(66-31(7)58)44(41(70-49)24-62-28(4)55)72-50-48(68-33(9)60)45(65-30(6)57)43(64-29(5)56)40(71-50)23-61-27(3)54/h12,25-26,35-50H,13-24H2,1-11H3/t25-,26+,35+,36-,37+,38+,39?,40-,41-,42?,43-,44-,45+,46+,47-,48-,49-,50+,51+,52+,53-/m1/s1. The van der Waals surface area contributed by atoms with Crippen molar-refractivity contribution in [3.63, 3.8) is 0 Å². The molecule has 0 bridgehead atoms. The topological polar surface area (TPSA) is 239 Å². The van der Waals surface area contributed by atoms with Gasteiger partial charge < -0.3 is 61.6 Å². The van der Waals surface area contributed by atoms with Crippen molar-refractivity contribution in [1.82, 2.24) is 0 Å². The van der Waals surface area contributed by atoms with Crippen molar-refractivity contribution >= 4 is 41.8 Å². The lowest BCUT2D eigenvalue weighted by atomic mass is 9.47. The van der Waals surface area contributed by atoms with E-state index in [9.17, 15) is 33.6 Å². The molecular weight excluding hydrogens is 957 g/mol. The van der Waals surface area contributed by atoms with E-state index in [-0.39, 0.29) is 16.9 Å². The van der Waals surface area contributed by atoms with Crippen molar-refractivity contribution in [3.05, 3.63) is 11.6 Å². The third kappa shape index (κ3) is 11.2. The second-order valence-corrected chi connectivity index (χ2v) is 22.4. The van der Waals surface area contributed by atoms with E-state index in [0.29, 0.717) is 48.3 Å². The van der Waals surface area contributed by atoms with Gasteiger partial charge in [0.25, 0.3) is 0 Å². The van der Waals surface area contributed by atoms with E-state index >= 15 is 0 Å². The molecule has 8 aliphatic rings. The molecule has 4 saturated heterocycles. The van der Waals surface area contributed by atoms with E-state index in [0.717, 1.165) is 86.2 Å². The van der Waals surface area contributed by atoms with Crippen LogP contribution in [0.4, 0.5) is 0 Å². The molecule has 0 radical (unpaired) electrons. The molecule has 4 aliphatic carbocycles. The van der Waals surface area contributed by atoms with Gasteiger partial charge in [0.15, 0.2) is 48.9 Å². The summed E-state index contributed by atoms with van der Waals surface area (Å²) in [5.74, 6) is -3.29. The molecule has 0 aromatic rings. The molecule has 2 unspecified atom stereocenters. The number of hydrogen-bond donors (Lipinski definition) is 0. The second kappa shape index (κ2) is 21.8. The third-order valence-electron chi connectivity index (χ3n) is 17.5. The van der Waals surface area contributed by atoms with Crippen LogP contribution in [0, 0.1) is 46.3 Å². The molecule has 0 N–H and O–H groups in total. The van der Waals surface area contributed by atoms with Crippen molar-refractivity contribution in [2.75, 3.05) is 19.8 Å². The summed E-state index contributed by atoms with van der Waals surface area (Å²) in [6, 6.07) is 0. The van der Waals surface area contributed by atoms with Crippen LogP contribution in [0.3, 0.4) is 0 Å². The van der Waals surface area contributed by atoms with E-state index < -0.39 is 128 Å². The fourth-order valence-electron chi connectivity index (χ4n) is 14.5. The molecule has 1 spiro atoms. The number of hydrogen-bond acceptors (Lipinski definition) is 20. The molecule has 8 rings (SSSR count). The highest BCUT2D eigenvalue weighted by molar-refractivity contribution is 5.69. The monoisotopic (exact) mass is 1030 g/mol. The average molecular weight is 1030 g/mol. The Morgan fingerprint density at radius 2 is 1.14 bits per heavy atom. The molecular formula is C53H76O20. The second-order valence-electron chi connectivity index (χ2n) is 22.4. The van der Waals surface area contributed by atoms with Gasteiger partial charge in [0.2, 0.25) is 0 Å². The molecule has 20 heteroatoms. The van der Waals surface area contributed by atoms with Crippen molar-refractivity contribution in [2.24, 2.45) is 46.3 Å². The summed E-state index contributed by atoms with van der Waals surface area (Å²) in [6.07, 6.45) is -4.86. The predicted molar refractivity (Wildman–Crippen MR) is 250 cm³/mol. The Balaban J connectivity index is 1.05. The minimum absolute atomic E-state index is 0.0812. The van der Waals surface area contributed by atoms with Crippen molar-refractivity contribution in [3.8, 4) is 0 Å². The van der Waals surface area contributed by atoms with Gasteiger partial charge in [-0.3, -0.25) is 33.6 Å². The first kappa shape index (κ1) is 55.0. The Morgan fingerprint density at radius 1 is 0.603 bits per heavy atom. The van der Waals surface area contributed by atoms with Crippen molar-refractivity contribution < 1.29 is 95.1 Å². The number of allylic oxidation sites excluding steroid dienone is 1. The number of ether oxygens (including phenoxy) is 13. The lowest BCUT2D eigenvalue weighted by molar-refractivity contribution is -0.364. The van der Waals surface area contributed by atoms with Gasteiger partial charge in [-0.15, -0.1) is 0 Å². The van der Waals surface area contributed by atoms with E-state index in [1.165, 1.54) is 19.4 Å². The number of esters is 7. The van der Waals surface area contributed by atoms with Gasteiger partial charge in [-0.25, -0.2) is 0 Å². The quantitative estimate of drug-likeness (QED) is 0.128. The van der Waals surface area contributed by atoms with Crippen LogP contribution in [0.5, 0.6) is 0 Å². The van der Waals surface area contributed by atoms with Gasteiger partial charge in [-0.05, 0) is 91.8 Å². The summed E-state index contributed by atoms with van der Waals surface area (Å²) in [4.78, 5) is 88.2. The molecule has 0 aromatic heterocycles. The van der Waals surface area contributed by atoms with E-state index in [4.69, 9.17) is 61.6 Å². The van der Waals surface area contributed by atoms with E-state index in [1.807, 2.05) is 0 Å². The smallest absolute Gasteiger partial charge is 0.303 e. The lowest BCUT2D eigenvalue weighted by Gasteiger charge is -2.58. The maximum Gasteiger partial charge on any atom is 0.303 e. The van der Waals surface area contributed by atoms with Crippen LogP contribution in [0.1, 0.15) is 134 Å². The Bertz CT molecular complexity index is 2130. The molecule has 4 aliphatic heterocycles. The Kier molecular flexibility index (Phi) is 16.4. The highest BCUT2D eigenvalue weighted by atomic mass is 16.8. The van der Waals surface area contributed by atoms with Gasteiger partial charge in [0.1, 0.15) is 31.5 Å². The molecule has 20 nitrogen and oxygen atoms in total. The molecule has 0 aromatic carbocycles. The predicted octanol–water partition coefficient (Wildman–Crippen LogP) is 5.36. The summed E-state index contributed by atoms with van der Waals surface area (Å²) in [5.41, 5.74) is 1.38. The summed E-state index contributed by atoms with van der Waals surface area (Å²) >= 11 is 0. The van der Waals surface area contributed by atoms with Crippen molar-refractivity contribution in [1.29, 1.82) is 0 Å². The average Bonchev–Trinajstić information content (AvgIpc) is 3.75. The van der Waals surface area contributed by atoms with Gasteiger partial charge >= 0.3 is 41.8 Å². The van der Waals surface area contributed by atoms with Crippen LogP contribution in [-0.4, -0.2) is 141 Å². The molecule has 4 heterocycles. The maximum atomic E-state index is 13.1. The van der Waals surface area contributed by atoms with Crippen LogP contribution in [0.2, 0.25) is 0 Å². The van der Waals surface area contributed by atoms with Crippen LogP contribution >= 0.6 is 0 Å². The maximum absolute atomic E-state index is 13.1. The van der Waals surface area contributed by atoms with Gasteiger partial charge in [0.05, 0.1) is 18.8 Å². The van der Waals surface area contributed by atoms with Crippen LogP contribution in [0.25, 0.3) is 0 Å². The first-order valence-corrected chi connectivity index (χ1v) is 26.2. The fourth-order valence-corrected chi connectivity index (χ4v) is 14.5. The lowest BCUT2D eigenvalue weighted by Crippen LogP contribution is -2.67. The van der Waals surface area contributed by atoms with E-state index in [2.05, 4.69) is 33.8 Å². The zero-order chi connectivity index (χ0) is 52.9. The first-order chi connectivity index (χ1) is 34.4. The number of carbonyl (C=O) groups excluding carboxylic acids is 7. The van der Waals surface area contributed by atoms with Gasteiger partial charge in [0, 0.05) is 60.8 Å².